The first-order valence-corrected chi connectivity index (χ1v) is 9.13. The van der Waals surface area contributed by atoms with Gasteiger partial charge in [0.15, 0.2) is 0 Å². The zero-order valence-corrected chi connectivity index (χ0v) is 15.9. The number of hydrogen-bond acceptors (Lipinski definition) is 6. The fraction of sp³-hybridized carbons (Fsp3) is 0.250. The zero-order chi connectivity index (χ0) is 19.5. The van der Waals surface area contributed by atoms with Crippen molar-refractivity contribution in [3.05, 3.63) is 57.1 Å². The predicted octanol–water partition coefficient (Wildman–Crippen LogP) is 3.09. The van der Waals surface area contributed by atoms with Crippen molar-refractivity contribution < 1.29 is 22.8 Å². The van der Waals surface area contributed by atoms with E-state index in [0.717, 1.165) is 22.5 Å². The monoisotopic (exact) mass is 400 g/mol. The number of nitrogens with zero attached hydrogens (tertiary/aromatic N) is 2. The van der Waals surface area contributed by atoms with Crippen molar-refractivity contribution in [2.24, 2.45) is 0 Å². The number of halogens is 1. The van der Waals surface area contributed by atoms with Gasteiger partial charge in [-0.15, -0.1) is 0 Å². The van der Waals surface area contributed by atoms with Crippen LogP contribution in [0.2, 0.25) is 5.02 Å². The summed E-state index contributed by atoms with van der Waals surface area (Å²) in [6, 6.07) is 8.23. The number of sulfonamides is 1. The molecular formula is C16H17ClN2O6S. The van der Waals surface area contributed by atoms with Crippen LogP contribution in [0.25, 0.3) is 0 Å². The molecule has 0 aliphatic carbocycles. The summed E-state index contributed by atoms with van der Waals surface area (Å²) in [5, 5.41) is 11.3. The van der Waals surface area contributed by atoms with Crippen LogP contribution >= 0.6 is 11.6 Å². The van der Waals surface area contributed by atoms with Gasteiger partial charge in [0.05, 0.1) is 25.2 Å². The Morgan fingerprint density at radius 3 is 2.35 bits per heavy atom. The first-order chi connectivity index (χ1) is 12.2. The SMILES string of the molecule is COc1ccc(Cl)cc1CN(C)S(=O)(=O)c1ccc([N+](=O)[O-])cc1OC. The number of benzene rings is 2. The molecule has 0 saturated heterocycles. The zero-order valence-electron chi connectivity index (χ0n) is 14.3. The highest BCUT2D eigenvalue weighted by molar-refractivity contribution is 7.89. The summed E-state index contributed by atoms with van der Waals surface area (Å²) < 4.78 is 37.1. The Labute approximate surface area is 156 Å². The van der Waals surface area contributed by atoms with Crippen molar-refractivity contribution >= 4 is 27.3 Å². The van der Waals surface area contributed by atoms with Crippen molar-refractivity contribution in [1.29, 1.82) is 0 Å². The Kier molecular flexibility index (Phi) is 6.06. The Hall–Kier alpha value is -2.36. The van der Waals surface area contributed by atoms with Crippen molar-refractivity contribution in [3.63, 3.8) is 0 Å². The molecule has 140 valence electrons. The molecule has 0 aliphatic heterocycles. The standard InChI is InChI=1S/C16H17ClN2O6S/c1-18(10-11-8-12(17)4-6-14(11)24-2)26(22,23)16-7-5-13(19(20)21)9-15(16)25-3/h4-9H,10H2,1-3H3. The van der Waals surface area contributed by atoms with E-state index in [2.05, 4.69) is 0 Å². The van der Waals surface area contributed by atoms with E-state index in [9.17, 15) is 18.5 Å². The van der Waals surface area contributed by atoms with E-state index in [0.29, 0.717) is 16.3 Å². The van der Waals surface area contributed by atoms with Gasteiger partial charge in [0.25, 0.3) is 5.69 Å². The minimum atomic E-state index is -3.97. The van der Waals surface area contributed by atoms with Crippen molar-refractivity contribution in [2.45, 2.75) is 11.4 Å². The van der Waals surface area contributed by atoms with Gasteiger partial charge in [-0.2, -0.15) is 4.31 Å². The second-order valence-corrected chi connectivity index (χ2v) is 7.76. The molecule has 0 aliphatic rings. The molecule has 8 nitrogen and oxygen atoms in total. The number of ether oxygens (including phenoxy) is 2. The van der Waals surface area contributed by atoms with E-state index in [1.165, 1.54) is 21.3 Å². The largest absolute Gasteiger partial charge is 0.496 e. The maximum absolute atomic E-state index is 12.9. The normalized spacial score (nSPS) is 11.4. The van der Waals surface area contributed by atoms with Crippen LogP contribution in [-0.4, -0.2) is 38.9 Å². The lowest BCUT2D eigenvalue weighted by Crippen LogP contribution is -2.27. The van der Waals surface area contributed by atoms with E-state index >= 15 is 0 Å². The molecule has 0 unspecified atom stereocenters. The van der Waals surface area contributed by atoms with Crippen LogP contribution < -0.4 is 9.47 Å². The third kappa shape index (κ3) is 4.06. The molecule has 0 heterocycles. The number of non-ortho nitro benzene ring substituents is 1. The molecular weight excluding hydrogens is 384 g/mol. The highest BCUT2D eigenvalue weighted by atomic mass is 35.5. The second kappa shape index (κ2) is 7.90. The van der Waals surface area contributed by atoms with Crippen LogP contribution in [0.15, 0.2) is 41.3 Å². The van der Waals surface area contributed by atoms with Crippen molar-refractivity contribution in [2.75, 3.05) is 21.3 Å². The molecule has 2 aromatic carbocycles. The molecule has 0 atom stereocenters. The smallest absolute Gasteiger partial charge is 0.273 e. The molecule has 0 spiro atoms. The molecule has 2 rings (SSSR count). The summed E-state index contributed by atoms with van der Waals surface area (Å²) in [7, 11) is 0.133. The van der Waals surface area contributed by atoms with Gasteiger partial charge >= 0.3 is 0 Å². The molecule has 26 heavy (non-hydrogen) atoms. The summed E-state index contributed by atoms with van der Waals surface area (Å²) in [5.74, 6) is 0.385. The average Bonchev–Trinajstić information content (AvgIpc) is 2.61. The van der Waals surface area contributed by atoms with Crippen LogP contribution in [0.1, 0.15) is 5.56 Å². The van der Waals surface area contributed by atoms with Gasteiger partial charge in [-0.05, 0) is 24.3 Å². The van der Waals surface area contributed by atoms with Crippen molar-refractivity contribution in [3.8, 4) is 11.5 Å². The van der Waals surface area contributed by atoms with Gasteiger partial charge in [0.2, 0.25) is 10.0 Å². The lowest BCUT2D eigenvalue weighted by Gasteiger charge is -2.20. The van der Waals surface area contributed by atoms with Gasteiger partial charge in [-0.3, -0.25) is 10.1 Å². The Bertz CT molecular complexity index is 932. The molecule has 0 aromatic heterocycles. The van der Waals surface area contributed by atoms with E-state index in [1.54, 1.807) is 18.2 Å². The van der Waals surface area contributed by atoms with Crippen LogP contribution in [-0.2, 0) is 16.6 Å². The van der Waals surface area contributed by atoms with E-state index in [4.69, 9.17) is 21.1 Å². The quantitative estimate of drug-likeness (QED) is 0.523. The lowest BCUT2D eigenvalue weighted by molar-refractivity contribution is -0.385. The third-order valence-corrected chi connectivity index (χ3v) is 5.76. The van der Waals surface area contributed by atoms with Crippen LogP contribution in [0.3, 0.4) is 0 Å². The van der Waals surface area contributed by atoms with Gasteiger partial charge in [0, 0.05) is 30.2 Å². The highest BCUT2D eigenvalue weighted by Gasteiger charge is 2.27. The summed E-state index contributed by atoms with van der Waals surface area (Å²) >= 11 is 5.98. The first kappa shape index (κ1) is 20.0. The summed E-state index contributed by atoms with van der Waals surface area (Å²) in [6.45, 7) is -0.00773. The minimum absolute atomic E-state index is 0.00773. The maximum Gasteiger partial charge on any atom is 0.273 e. The molecule has 0 bridgehead atoms. The molecule has 10 heteroatoms. The van der Waals surface area contributed by atoms with Crippen LogP contribution in [0.5, 0.6) is 11.5 Å². The van der Waals surface area contributed by atoms with Crippen molar-refractivity contribution in [1.82, 2.24) is 4.31 Å². The van der Waals surface area contributed by atoms with E-state index in [-0.39, 0.29) is 22.9 Å². The van der Waals surface area contributed by atoms with Gasteiger partial charge in [0.1, 0.15) is 16.4 Å². The maximum atomic E-state index is 12.9. The Balaban J connectivity index is 2.41. The fourth-order valence-corrected chi connectivity index (χ4v) is 3.82. The molecule has 0 amide bonds. The van der Waals surface area contributed by atoms with Gasteiger partial charge < -0.3 is 9.47 Å². The van der Waals surface area contributed by atoms with Gasteiger partial charge in [-0.1, -0.05) is 11.6 Å². The lowest BCUT2D eigenvalue weighted by atomic mass is 10.2. The first-order valence-electron chi connectivity index (χ1n) is 7.32. The molecule has 0 N–H and O–H groups in total. The van der Waals surface area contributed by atoms with Crippen LogP contribution in [0.4, 0.5) is 5.69 Å². The molecule has 2 aromatic rings. The highest BCUT2D eigenvalue weighted by Crippen LogP contribution is 2.32. The summed E-state index contributed by atoms with van der Waals surface area (Å²) in [6.07, 6.45) is 0. The van der Waals surface area contributed by atoms with E-state index in [1.807, 2.05) is 0 Å². The Morgan fingerprint density at radius 1 is 1.12 bits per heavy atom. The molecule has 0 saturated carbocycles. The van der Waals surface area contributed by atoms with Crippen LogP contribution in [0, 0.1) is 10.1 Å². The minimum Gasteiger partial charge on any atom is -0.496 e. The number of nitro groups is 1. The van der Waals surface area contributed by atoms with Gasteiger partial charge in [-0.25, -0.2) is 8.42 Å². The Morgan fingerprint density at radius 2 is 1.77 bits per heavy atom. The second-order valence-electron chi connectivity index (χ2n) is 5.31. The molecule has 0 fully saturated rings. The predicted molar refractivity (Wildman–Crippen MR) is 96.3 cm³/mol. The number of methoxy groups -OCH3 is 2. The summed E-state index contributed by atoms with van der Waals surface area (Å²) in [5.41, 5.74) is 0.312. The third-order valence-electron chi connectivity index (χ3n) is 3.68. The van der Waals surface area contributed by atoms with E-state index < -0.39 is 14.9 Å². The number of rotatable bonds is 7. The average molecular weight is 401 g/mol. The number of hydrogen-bond donors (Lipinski definition) is 0. The fourth-order valence-electron chi connectivity index (χ4n) is 2.35. The number of nitro benzene ring substituents is 1. The topological polar surface area (TPSA) is 99.0 Å². The summed E-state index contributed by atoms with van der Waals surface area (Å²) in [4.78, 5) is 10.1. The molecule has 0 radical (unpaired) electrons.